The van der Waals surface area contributed by atoms with Gasteiger partial charge in [-0.2, -0.15) is 0 Å². The molecule has 0 saturated carbocycles. The molecule has 0 aliphatic carbocycles. The minimum Gasteiger partial charge on any atom is -0.456 e. The summed E-state index contributed by atoms with van der Waals surface area (Å²) in [6.07, 6.45) is 0. The van der Waals surface area contributed by atoms with Gasteiger partial charge in [-0.3, -0.25) is 0 Å². The maximum atomic E-state index is 6.51. The molecule has 0 amide bonds. The molecule has 0 atom stereocenters. The quantitative estimate of drug-likeness (QED) is 0.179. The Morgan fingerprint density at radius 3 is 1.70 bits per heavy atom. The number of fused-ring (bicyclic) bond motifs is 7. The molecule has 3 heterocycles. The highest BCUT2D eigenvalue weighted by Crippen LogP contribution is 2.41. The zero-order chi connectivity index (χ0) is 35.6. The Balaban J connectivity index is 1.15. The van der Waals surface area contributed by atoms with E-state index in [9.17, 15) is 0 Å². The Hall–Kier alpha value is -6.95. The van der Waals surface area contributed by atoms with Crippen LogP contribution in [-0.2, 0) is 0 Å². The zero-order valence-corrected chi connectivity index (χ0v) is 29.7. The van der Waals surface area contributed by atoms with Gasteiger partial charge in [0.2, 0.25) is 0 Å². The van der Waals surface area contributed by atoms with Crippen LogP contribution in [0.15, 0.2) is 180 Å². The van der Waals surface area contributed by atoms with Gasteiger partial charge in [0.15, 0.2) is 17.5 Å². The normalized spacial score (nSPS) is 11.7. The molecule has 0 unspecified atom stereocenters. The first-order valence-electron chi connectivity index (χ1n) is 18.0. The molecular formula is C49H29N3OS. The second kappa shape index (κ2) is 12.3. The molecule has 0 fully saturated rings. The fourth-order valence-corrected chi connectivity index (χ4v) is 8.73. The topological polar surface area (TPSA) is 51.8 Å². The molecule has 0 bridgehead atoms. The molecule has 3 aromatic heterocycles. The van der Waals surface area contributed by atoms with Crippen LogP contribution in [-0.4, -0.2) is 15.0 Å². The minimum atomic E-state index is 0.596. The van der Waals surface area contributed by atoms with Crippen LogP contribution in [0.25, 0.3) is 109 Å². The summed E-state index contributed by atoms with van der Waals surface area (Å²) in [7, 11) is 0. The molecule has 252 valence electrons. The molecule has 0 spiro atoms. The number of hydrogen-bond donors (Lipinski definition) is 0. The summed E-state index contributed by atoms with van der Waals surface area (Å²) in [5, 5.41) is 6.73. The van der Waals surface area contributed by atoms with Gasteiger partial charge in [-0.05, 0) is 87.6 Å². The zero-order valence-electron chi connectivity index (χ0n) is 28.9. The number of nitrogens with zero attached hydrogens (tertiary/aromatic N) is 3. The van der Waals surface area contributed by atoms with Crippen LogP contribution in [0.5, 0.6) is 0 Å². The van der Waals surface area contributed by atoms with Gasteiger partial charge < -0.3 is 4.42 Å². The van der Waals surface area contributed by atoms with Crippen molar-refractivity contribution in [3.05, 3.63) is 176 Å². The van der Waals surface area contributed by atoms with Gasteiger partial charge in [-0.25, -0.2) is 15.0 Å². The van der Waals surface area contributed by atoms with Gasteiger partial charge in [0, 0.05) is 47.6 Å². The standard InChI is InChI=1S/C49H29N3OS/c1-3-11-30(12-4-1)32-19-20-34-26-35(22-21-33(34)25-32)47-50-48(36-23-24-45-40(27-36)38-15-8-10-18-44(38)54-45)52-49(51-47)41-28-37(31-13-5-2-6-14-31)29-43-46(41)39-16-7-9-17-42(39)53-43/h1-29H. The first-order chi connectivity index (χ1) is 26.7. The molecular weight excluding hydrogens is 679 g/mol. The molecule has 11 aromatic rings. The number of hydrogen-bond acceptors (Lipinski definition) is 5. The summed E-state index contributed by atoms with van der Waals surface area (Å²) in [5.41, 5.74) is 8.90. The van der Waals surface area contributed by atoms with Gasteiger partial charge in [0.25, 0.3) is 0 Å². The summed E-state index contributed by atoms with van der Waals surface area (Å²) in [6, 6.07) is 61.6. The molecule has 0 N–H and O–H groups in total. The average molecular weight is 708 g/mol. The maximum absolute atomic E-state index is 6.51. The predicted molar refractivity (Wildman–Crippen MR) is 225 cm³/mol. The summed E-state index contributed by atoms with van der Waals surface area (Å²) in [4.78, 5) is 15.8. The van der Waals surface area contributed by atoms with E-state index in [-0.39, 0.29) is 0 Å². The lowest BCUT2D eigenvalue weighted by atomic mass is 9.98. The molecule has 0 aliphatic heterocycles. The van der Waals surface area contributed by atoms with E-state index in [1.54, 1.807) is 11.3 Å². The number of benzene rings is 8. The van der Waals surface area contributed by atoms with Crippen LogP contribution in [0.3, 0.4) is 0 Å². The fourth-order valence-electron chi connectivity index (χ4n) is 7.64. The predicted octanol–water partition coefficient (Wildman–Crippen LogP) is 13.6. The minimum absolute atomic E-state index is 0.596. The average Bonchev–Trinajstić information content (AvgIpc) is 3.81. The van der Waals surface area contributed by atoms with Crippen molar-refractivity contribution in [3.8, 4) is 56.4 Å². The molecule has 54 heavy (non-hydrogen) atoms. The molecule has 0 radical (unpaired) electrons. The second-order valence-electron chi connectivity index (χ2n) is 13.6. The van der Waals surface area contributed by atoms with Gasteiger partial charge >= 0.3 is 0 Å². The monoisotopic (exact) mass is 707 g/mol. The molecule has 0 aliphatic rings. The van der Waals surface area contributed by atoms with E-state index in [1.165, 1.54) is 31.3 Å². The molecule has 11 rings (SSSR count). The van der Waals surface area contributed by atoms with Crippen LogP contribution in [0.4, 0.5) is 0 Å². The number of thiophene rings is 1. The van der Waals surface area contributed by atoms with Crippen molar-refractivity contribution in [3.63, 3.8) is 0 Å². The second-order valence-corrected chi connectivity index (χ2v) is 14.7. The SMILES string of the molecule is c1ccc(-c2ccc3cc(-c4nc(-c5ccc6sc7ccccc7c6c5)nc(-c5cc(-c6ccccc6)cc6oc7ccccc7c56)n4)ccc3c2)cc1. The Kier molecular flexibility index (Phi) is 7.00. The van der Waals surface area contributed by atoms with Gasteiger partial charge in [0.1, 0.15) is 11.2 Å². The van der Waals surface area contributed by atoms with Crippen LogP contribution < -0.4 is 0 Å². The molecule has 4 nitrogen and oxygen atoms in total. The summed E-state index contributed by atoms with van der Waals surface area (Å²) in [6.45, 7) is 0. The van der Waals surface area contributed by atoms with Gasteiger partial charge in [-0.15, -0.1) is 11.3 Å². The van der Waals surface area contributed by atoms with Crippen LogP contribution in [0.1, 0.15) is 0 Å². The summed E-state index contributed by atoms with van der Waals surface area (Å²) >= 11 is 1.81. The van der Waals surface area contributed by atoms with Crippen LogP contribution >= 0.6 is 11.3 Å². The van der Waals surface area contributed by atoms with Crippen molar-refractivity contribution >= 4 is 64.2 Å². The lowest BCUT2D eigenvalue weighted by Crippen LogP contribution is -2.01. The van der Waals surface area contributed by atoms with Gasteiger partial charge in [-0.1, -0.05) is 121 Å². The largest absolute Gasteiger partial charge is 0.456 e. The fraction of sp³-hybridized carbons (Fsp3) is 0. The first kappa shape index (κ1) is 30.7. The smallest absolute Gasteiger partial charge is 0.164 e. The third-order valence-electron chi connectivity index (χ3n) is 10.3. The van der Waals surface area contributed by atoms with Crippen LogP contribution in [0.2, 0.25) is 0 Å². The molecule has 5 heteroatoms. The third-order valence-corrected chi connectivity index (χ3v) is 11.5. The van der Waals surface area contributed by atoms with Crippen molar-refractivity contribution in [2.24, 2.45) is 0 Å². The number of aromatic nitrogens is 3. The molecule has 8 aromatic carbocycles. The molecule has 0 saturated heterocycles. The lowest BCUT2D eigenvalue weighted by molar-refractivity contribution is 0.669. The highest BCUT2D eigenvalue weighted by Gasteiger charge is 2.20. The lowest BCUT2D eigenvalue weighted by Gasteiger charge is -2.12. The van der Waals surface area contributed by atoms with E-state index in [2.05, 4.69) is 152 Å². The van der Waals surface area contributed by atoms with E-state index < -0.39 is 0 Å². The third kappa shape index (κ3) is 5.17. The highest BCUT2D eigenvalue weighted by molar-refractivity contribution is 7.25. The Morgan fingerprint density at radius 2 is 0.926 bits per heavy atom. The Morgan fingerprint density at radius 1 is 0.352 bits per heavy atom. The van der Waals surface area contributed by atoms with Crippen molar-refractivity contribution < 1.29 is 4.42 Å². The first-order valence-corrected chi connectivity index (χ1v) is 18.8. The van der Waals surface area contributed by atoms with E-state index >= 15 is 0 Å². The van der Waals surface area contributed by atoms with Crippen molar-refractivity contribution in [2.45, 2.75) is 0 Å². The van der Waals surface area contributed by atoms with Crippen molar-refractivity contribution in [1.29, 1.82) is 0 Å². The Labute approximate surface area is 314 Å². The highest BCUT2D eigenvalue weighted by atomic mass is 32.1. The van der Waals surface area contributed by atoms with E-state index in [4.69, 9.17) is 19.4 Å². The Bertz CT molecular complexity index is 3220. The number of furan rings is 1. The number of rotatable bonds is 5. The van der Waals surface area contributed by atoms with E-state index in [0.717, 1.165) is 60.5 Å². The van der Waals surface area contributed by atoms with Gasteiger partial charge in [0.05, 0.1) is 0 Å². The summed E-state index contributed by atoms with van der Waals surface area (Å²) < 4.78 is 9.01. The van der Waals surface area contributed by atoms with Crippen molar-refractivity contribution in [1.82, 2.24) is 15.0 Å². The number of para-hydroxylation sites is 1. The van der Waals surface area contributed by atoms with Crippen molar-refractivity contribution in [2.75, 3.05) is 0 Å². The van der Waals surface area contributed by atoms with E-state index in [0.29, 0.717) is 17.5 Å². The summed E-state index contributed by atoms with van der Waals surface area (Å²) in [5.74, 6) is 1.84. The van der Waals surface area contributed by atoms with Crippen LogP contribution in [0, 0.1) is 0 Å². The maximum Gasteiger partial charge on any atom is 0.164 e. The van der Waals surface area contributed by atoms with E-state index in [1.807, 2.05) is 24.3 Å².